The second kappa shape index (κ2) is 7.54. The third-order valence-electron chi connectivity index (χ3n) is 2.33. The molecule has 1 aromatic carbocycles. The normalized spacial score (nSPS) is 11.5. The largest absolute Gasteiger partial charge is 0.466 e. The van der Waals surface area contributed by atoms with E-state index in [1.165, 1.54) is 0 Å². The molecule has 0 aliphatic heterocycles. The van der Waals surface area contributed by atoms with Crippen LogP contribution in [0.5, 0.6) is 0 Å². The summed E-state index contributed by atoms with van der Waals surface area (Å²) in [6.07, 6.45) is 0.151. The Morgan fingerprint density at radius 3 is 2.71 bits per heavy atom. The highest BCUT2D eigenvalue weighted by molar-refractivity contribution is 6.31. The number of hydrogen-bond acceptors (Lipinski definition) is 3. The van der Waals surface area contributed by atoms with Crippen LogP contribution in [-0.2, 0) is 9.53 Å². The first-order chi connectivity index (χ1) is 7.56. The fourth-order valence-electron chi connectivity index (χ4n) is 1.62. The molecule has 0 aromatic heterocycles. The summed E-state index contributed by atoms with van der Waals surface area (Å²) in [5.74, 6) is -0.297. The molecule has 17 heavy (non-hydrogen) atoms. The first-order valence-corrected chi connectivity index (χ1v) is 5.60. The Morgan fingerprint density at radius 1 is 1.53 bits per heavy atom. The lowest BCUT2D eigenvalue weighted by atomic mass is 9.99. The number of aryl methyl sites for hydroxylation is 1. The number of carbonyl (C=O) groups excluding carboxylic acids is 1. The standard InChI is InChI=1S/C12H16ClNO2.ClH/c1-3-16-11(15)7-10(14)12-8(2)5-4-6-9(12)13;/h4-6,10H,3,7,14H2,1-2H3;1H/t10-;/m0./s1. The van der Waals surface area contributed by atoms with Gasteiger partial charge >= 0.3 is 5.97 Å². The van der Waals surface area contributed by atoms with Crippen LogP contribution in [0.4, 0.5) is 0 Å². The van der Waals surface area contributed by atoms with Gasteiger partial charge in [0.25, 0.3) is 0 Å². The lowest BCUT2D eigenvalue weighted by Gasteiger charge is -2.15. The van der Waals surface area contributed by atoms with Crippen LogP contribution in [0.15, 0.2) is 18.2 Å². The molecule has 0 bridgehead atoms. The molecule has 0 fully saturated rings. The van der Waals surface area contributed by atoms with Gasteiger partial charge < -0.3 is 10.5 Å². The van der Waals surface area contributed by atoms with Gasteiger partial charge in [0, 0.05) is 11.1 Å². The minimum Gasteiger partial charge on any atom is -0.466 e. The molecule has 3 nitrogen and oxygen atoms in total. The predicted molar refractivity (Wildman–Crippen MR) is 71.6 cm³/mol. The van der Waals surface area contributed by atoms with E-state index < -0.39 is 6.04 Å². The van der Waals surface area contributed by atoms with Crippen LogP contribution in [0.3, 0.4) is 0 Å². The average molecular weight is 278 g/mol. The Morgan fingerprint density at radius 2 is 2.18 bits per heavy atom. The van der Waals surface area contributed by atoms with Crippen LogP contribution in [0, 0.1) is 6.92 Å². The number of carbonyl (C=O) groups is 1. The second-order valence-electron chi connectivity index (χ2n) is 3.59. The number of hydrogen-bond donors (Lipinski definition) is 1. The number of halogens is 2. The van der Waals surface area contributed by atoms with E-state index in [1.807, 2.05) is 19.1 Å². The van der Waals surface area contributed by atoms with E-state index in [2.05, 4.69) is 0 Å². The van der Waals surface area contributed by atoms with E-state index in [4.69, 9.17) is 22.1 Å². The summed E-state index contributed by atoms with van der Waals surface area (Å²) in [5.41, 5.74) is 7.75. The molecule has 0 heterocycles. The predicted octanol–water partition coefficient (Wildman–Crippen LogP) is 3.02. The third-order valence-corrected chi connectivity index (χ3v) is 2.66. The summed E-state index contributed by atoms with van der Waals surface area (Å²) in [6.45, 7) is 4.06. The second-order valence-corrected chi connectivity index (χ2v) is 3.99. The van der Waals surface area contributed by atoms with Crippen LogP contribution in [0.25, 0.3) is 0 Å². The smallest absolute Gasteiger partial charge is 0.307 e. The maximum absolute atomic E-state index is 11.3. The fraction of sp³-hybridized carbons (Fsp3) is 0.417. The molecule has 0 amide bonds. The summed E-state index contributed by atoms with van der Waals surface area (Å²) in [7, 11) is 0. The van der Waals surface area contributed by atoms with Gasteiger partial charge in [0.05, 0.1) is 13.0 Å². The molecule has 1 aromatic rings. The highest BCUT2D eigenvalue weighted by Crippen LogP contribution is 2.26. The Kier molecular flexibility index (Phi) is 7.19. The maximum atomic E-state index is 11.3. The van der Waals surface area contributed by atoms with Gasteiger partial charge in [0.15, 0.2) is 0 Å². The Labute approximate surface area is 113 Å². The molecule has 0 spiro atoms. The van der Waals surface area contributed by atoms with E-state index in [-0.39, 0.29) is 24.8 Å². The molecule has 0 radical (unpaired) electrons. The van der Waals surface area contributed by atoms with E-state index in [0.717, 1.165) is 11.1 Å². The summed E-state index contributed by atoms with van der Waals surface area (Å²) in [6, 6.07) is 5.15. The van der Waals surface area contributed by atoms with Gasteiger partial charge in [-0.2, -0.15) is 0 Å². The van der Waals surface area contributed by atoms with Crippen LogP contribution in [0.1, 0.15) is 30.5 Å². The molecular weight excluding hydrogens is 261 g/mol. The zero-order valence-electron chi connectivity index (χ0n) is 9.90. The van der Waals surface area contributed by atoms with Crippen LogP contribution < -0.4 is 5.73 Å². The van der Waals surface area contributed by atoms with Crippen molar-refractivity contribution in [2.45, 2.75) is 26.3 Å². The van der Waals surface area contributed by atoms with Gasteiger partial charge in [-0.1, -0.05) is 23.7 Å². The van der Waals surface area contributed by atoms with E-state index in [1.54, 1.807) is 13.0 Å². The van der Waals surface area contributed by atoms with Crippen molar-refractivity contribution in [1.82, 2.24) is 0 Å². The van der Waals surface area contributed by atoms with E-state index in [0.29, 0.717) is 11.6 Å². The number of nitrogens with two attached hydrogens (primary N) is 1. The summed E-state index contributed by atoms with van der Waals surface area (Å²) >= 11 is 6.05. The molecule has 0 aliphatic carbocycles. The fourth-order valence-corrected chi connectivity index (χ4v) is 1.98. The molecule has 1 rings (SSSR count). The van der Waals surface area contributed by atoms with Crippen molar-refractivity contribution < 1.29 is 9.53 Å². The molecule has 0 unspecified atom stereocenters. The van der Waals surface area contributed by atoms with Crippen LogP contribution in [0.2, 0.25) is 5.02 Å². The topological polar surface area (TPSA) is 52.3 Å². The number of rotatable bonds is 4. The van der Waals surface area contributed by atoms with Crippen molar-refractivity contribution in [1.29, 1.82) is 0 Å². The quantitative estimate of drug-likeness (QED) is 0.861. The van der Waals surface area contributed by atoms with E-state index >= 15 is 0 Å². The van der Waals surface area contributed by atoms with Crippen molar-refractivity contribution in [3.8, 4) is 0 Å². The van der Waals surface area contributed by atoms with Crippen LogP contribution >= 0.6 is 24.0 Å². The van der Waals surface area contributed by atoms with Crippen molar-refractivity contribution in [3.63, 3.8) is 0 Å². The lowest BCUT2D eigenvalue weighted by molar-refractivity contribution is -0.143. The molecular formula is C12H17Cl2NO2. The van der Waals surface area contributed by atoms with Crippen molar-refractivity contribution in [2.24, 2.45) is 5.73 Å². The Bertz CT molecular complexity index is 363. The number of benzene rings is 1. The molecule has 1 atom stereocenters. The molecule has 0 saturated carbocycles. The summed E-state index contributed by atoms with van der Waals surface area (Å²) in [5, 5.41) is 0.594. The SMILES string of the molecule is CCOC(=O)C[C@H](N)c1c(C)cccc1Cl.Cl. The summed E-state index contributed by atoms with van der Waals surface area (Å²) in [4.78, 5) is 11.3. The zero-order valence-corrected chi connectivity index (χ0v) is 11.5. The van der Waals surface area contributed by atoms with Gasteiger partial charge in [-0.05, 0) is 31.0 Å². The molecule has 96 valence electrons. The van der Waals surface area contributed by atoms with Crippen molar-refractivity contribution in [3.05, 3.63) is 34.3 Å². The highest BCUT2D eigenvalue weighted by Gasteiger charge is 2.16. The minimum absolute atomic E-state index is 0. The monoisotopic (exact) mass is 277 g/mol. The minimum atomic E-state index is -0.409. The van der Waals surface area contributed by atoms with Crippen LogP contribution in [-0.4, -0.2) is 12.6 Å². The van der Waals surface area contributed by atoms with Gasteiger partial charge in [-0.15, -0.1) is 12.4 Å². The number of ether oxygens (including phenoxy) is 1. The molecule has 0 saturated heterocycles. The zero-order chi connectivity index (χ0) is 12.1. The Balaban J connectivity index is 0.00000256. The number of esters is 1. The molecule has 5 heteroatoms. The lowest BCUT2D eigenvalue weighted by Crippen LogP contribution is -2.18. The van der Waals surface area contributed by atoms with Gasteiger partial charge in [-0.25, -0.2) is 0 Å². The summed E-state index contributed by atoms with van der Waals surface area (Å²) < 4.78 is 4.85. The first kappa shape index (κ1) is 16.2. The van der Waals surface area contributed by atoms with Gasteiger partial charge in [-0.3, -0.25) is 4.79 Å². The highest BCUT2D eigenvalue weighted by atomic mass is 35.5. The Hall–Kier alpha value is -0.770. The molecule has 2 N–H and O–H groups in total. The van der Waals surface area contributed by atoms with Gasteiger partial charge in [0.2, 0.25) is 0 Å². The first-order valence-electron chi connectivity index (χ1n) is 5.22. The van der Waals surface area contributed by atoms with Crippen molar-refractivity contribution in [2.75, 3.05) is 6.61 Å². The van der Waals surface area contributed by atoms with E-state index in [9.17, 15) is 4.79 Å². The average Bonchev–Trinajstić information content (AvgIpc) is 2.17. The third kappa shape index (κ3) is 4.54. The molecule has 0 aliphatic rings. The maximum Gasteiger partial charge on any atom is 0.307 e. The van der Waals surface area contributed by atoms with Gasteiger partial charge in [0.1, 0.15) is 0 Å². The van der Waals surface area contributed by atoms with Crippen molar-refractivity contribution >= 4 is 30.0 Å².